The topological polar surface area (TPSA) is 71.0 Å². The molecule has 22 heavy (non-hydrogen) atoms. The number of aromatic nitrogens is 4. The molecule has 0 radical (unpaired) electrons. The normalized spacial score (nSPS) is 18.6. The van der Waals surface area contributed by atoms with Gasteiger partial charge in [0.15, 0.2) is 5.82 Å². The van der Waals surface area contributed by atoms with Crippen molar-refractivity contribution in [1.82, 2.24) is 19.9 Å². The predicted octanol–water partition coefficient (Wildman–Crippen LogP) is 3.16. The number of nitrogens with one attached hydrogen (secondary N) is 2. The number of nitrogens with zero attached hydrogens (tertiary/aromatic N) is 3. The Kier molecular flexibility index (Phi) is 3.36. The quantitative estimate of drug-likeness (QED) is 0.576. The molecule has 0 unspecified atom stereocenters. The van der Waals surface area contributed by atoms with E-state index in [4.69, 9.17) is 17.0 Å². The molecule has 3 heterocycles. The van der Waals surface area contributed by atoms with Crippen LogP contribution >= 0.6 is 12.2 Å². The van der Waals surface area contributed by atoms with Crippen molar-refractivity contribution in [1.29, 1.82) is 0 Å². The van der Waals surface area contributed by atoms with Crippen LogP contribution < -0.4 is 0 Å². The van der Waals surface area contributed by atoms with E-state index in [-0.39, 0.29) is 6.10 Å². The molecule has 1 atom stereocenters. The van der Waals surface area contributed by atoms with Gasteiger partial charge in [0.1, 0.15) is 6.10 Å². The number of hydrogen-bond donors (Lipinski definition) is 2. The zero-order valence-corrected chi connectivity index (χ0v) is 12.6. The van der Waals surface area contributed by atoms with Crippen molar-refractivity contribution in [2.75, 3.05) is 6.61 Å². The monoisotopic (exact) mass is 313 g/mol. The standard InChI is InChI=1S/C15H15N5OS/c22-15-19-18-14(13-6-3-7-21-13)20(15)17-9-10-8-16-12-5-2-1-4-11(10)12/h1-2,4-5,8-9,13,16H,3,6-7H2,(H,19,22)/b17-9+/t13-/m0/s1. The van der Waals surface area contributed by atoms with Crippen LogP contribution in [0.2, 0.25) is 0 Å². The molecule has 2 N–H and O–H groups in total. The van der Waals surface area contributed by atoms with Crippen LogP contribution in [0.5, 0.6) is 0 Å². The van der Waals surface area contributed by atoms with E-state index in [0.717, 1.165) is 41.7 Å². The Bertz CT molecular complexity index is 885. The summed E-state index contributed by atoms with van der Waals surface area (Å²) in [5.41, 5.74) is 2.09. The minimum absolute atomic E-state index is 0.0342. The summed E-state index contributed by atoms with van der Waals surface area (Å²) in [5, 5.41) is 12.7. The highest BCUT2D eigenvalue weighted by Gasteiger charge is 2.23. The minimum atomic E-state index is -0.0342. The van der Waals surface area contributed by atoms with Crippen LogP contribution in [0.1, 0.15) is 30.3 Å². The summed E-state index contributed by atoms with van der Waals surface area (Å²) in [5.74, 6) is 0.735. The zero-order valence-electron chi connectivity index (χ0n) is 11.8. The van der Waals surface area contributed by atoms with Crippen molar-refractivity contribution in [3.8, 4) is 0 Å². The third-order valence-electron chi connectivity index (χ3n) is 3.83. The summed E-state index contributed by atoms with van der Waals surface area (Å²) >= 11 is 5.27. The van der Waals surface area contributed by atoms with Crippen molar-refractivity contribution in [2.24, 2.45) is 5.10 Å². The van der Waals surface area contributed by atoms with Crippen molar-refractivity contribution in [3.05, 3.63) is 46.6 Å². The number of fused-ring (bicyclic) bond motifs is 1. The highest BCUT2D eigenvalue weighted by Crippen LogP contribution is 2.27. The molecule has 2 aromatic heterocycles. The average Bonchev–Trinajstić information content (AvgIpc) is 3.25. The second-order valence-corrected chi connectivity index (χ2v) is 5.62. The number of H-pyrrole nitrogens is 2. The third-order valence-corrected chi connectivity index (χ3v) is 4.09. The molecule has 6 nitrogen and oxygen atoms in total. The molecule has 1 aromatic carbocycles. The van der Waals surface area contributed by atoms with Gasteiger partial charge in [0.05, 0.1) is 6.21 Å². The minimum Gasteiger partial charge on any atom is -0.370 e. The van der Waals surface area contributed by atoms with E-state index in [1.807, 2.05) is 24.4 Å². The average molecular weight is 313 g/mol. The van der Waals surface area contributed by atoms with Gasteiger partial charge < -0.3 is 9.72 Å². The van der Waals surface area contributed by atoms with E-state index in [1.165, 1.54) is 0 Å². The molecule has 1 aliphatic heterocycles. The fraction of sp³-hybridized carbons (Fsp3) is 0.267. The molecule has 0 saturated carbocycles. The summed E-state index contributed by atoms with van der Waals surface area (Å²) in [6, 6.07) is 8.10. The van der Waals surface area contributed by atoms with Crippen LogP contribution in [0.25, 0.3) is 10.9 Å². The van der Waals surface area contributed by atoms with E-state index >= 15 is 0 Å². The van der Waals surface area contributed by atoms with Crippen LogP contribution in [0.15, 0.2) is 35.6 Å². The Morgan fingerprint density at radius 2 is 2.32 bits per heavy atom. The number of hydrogen-bond acceptors (Lipinski definition) is 4. The SMILES string of the molecule is S=c1[nH]nc([C@@H]2CCCO2)n1/N=C/c1c[nH]c2ccccc12. The molecule has 1 aliphatic rings. The van der Waals surface area contributed by atoms with Gasteiger partial charge in [0, 0.05) is 29.3 Å². The Morgan fingerprint density at radius 3 is 3.18 bits per heavy atom. The highest BCUT2D eigenvalue weighted by molar-refractivity contribution is 7.71. The van der Waals surface area contributed by atoms with Gasteiger partial charge in [-0.2, -0.15) is 14.9 Å². The molecular weight excluding hydrogens is 298 g/mol. The summed E-state index contributed by atoms with van der Waals surface area (Å²) in [4.78, 5) is 3.23. The summed E-state index contributed by atoms with van der Waals surface area (Å²) < 4.78 is 7.79. The lowest BCUT2D eigenvalue weighted by molar-refractivity contribution is 0.102. The maximum absolute atomic E-state index is 5.67. The fourth-order valence-electron chi connectivity index (χ4n) is 2.73. The van der Waals surface area contributed by atoms with Gasteiger partial charge in [-0.05, 0) is 31.1 Å². The van der Waals surface area contributed by atoms with E-state index in [1.54, 1.807) is 10.9 Å². The van der Waals surface area contributed by atoms with Gasteiger partial charge in [0.25, 0.3) is 0 Å². The van der Waals surface area contributed by atoms with Gasteiger partial charge >= 0.3 is 0 Å². The number of rotatable bonds is 3. The van der Waals surface area contributed by atoms with E-state index < -0.39 is 0 Å². The number of benzene rings is 1. The van der Waals surface area contributed by atoms with E-state index in [2.05, 4.69) is 26.3 Å². The number of aromatic amines is 2. The smallest absolute Gasteiger partial charge is 0.216 e. The number of ether oxygens (including phenoxy) is 1. The van der Waals surface area contributed by atoms with Crippen molar-refractivity contribution < 1.29 is 4.74 Å². The second-order valence-electron chi connectivity index (χ2n) is 5.23. The van der Waals surface area contributed by atoms with Crippen LogP contribution in [0.4, 0.5) is 0 Å². The molecule has 1 saturated heterocycles. The maximum atomic E-state index is 5.67. The van der Waals surface area contributed by atoms with Crippen LogP contribution in [0, 0.1) is 4.77 Å². The van der Waals surface area contributed by atoms with Crippen molar-refractivity contribution >= 4 is 29.3 Å². The first-order valence-corrected chi connectivity index (χ1v) is 7.63. The van der Waals surface area contributed by atoms with E-state index in [0.29, 0.717) is 4.77 Å². The first-order chi connectivity index (χ1) is 10.8. The summed E-state index contributed by atoms with van der Waals surface area (Å²) in [6.07, 6.45) is 5.68. The lowest BCUT2D eigenvalue weighted by Gasteiger charge is -2.07. The van der Waals surface area contributed by atoms with Crippen molar-refractivity contribution in [2.45, 2.75) is 18.9 Å². The van der Waals surface area contributed by atoms with Gasteiger partial charge in [-0.1, -0.05) is 18.2 Å². The molecule has 0 aliphatic carbocycles. The third kappa shape index (κ3) is 2.28. The molecule has 0 bridgehead atoms. The largest absolute Gasteiger partial charge is 0.370 e. The van der Waals surface area contributed by atoms with Crippen LogP contribution in [-0.2, 0) is 4.74 Å². The molecule has 7 heteroatoms. The first kappa shape index (κ1) is 13.4. The molecule has 112 valence electrons. The Labute approximate surface area is 131 Å². The molecule has 1 fully saturated rings. The van der Waals surface area contributed by atoms with Gasteiger partial charge in [-0.3, -0.25) is 5.10 Å². The zero-order chi connectivity index (χ0) is 14.9. The molecule has 4 rings (SSSR count). The Morgan fingerprint density at radius 1 is 1.41 bits per heavy atom. The fourth-order valence-corrected chi connectivity index (χ4v) is 2.91. The molecule has 0 spiro atoms. The lowest BCUT2D eigenvalue weighted by Crippen LogP contribution is -2.05. The second kappa shape index (κ2) is 5.51. The number of para-hydroxylation sites is 1. The Balaban J connectivity index is 1.71. The maximum Gasteiger partial charge on any atom is 0.216 e. The van der Waals surface area contributed by atoms with Crippen LogP contribution in [-0.4, -0.2) is 32.7 Å². The van der Waals surface area contributed by atoms with Gasteiger partial charge in [0.2, 0.25) is 4.77 Å². The lowest BCUT2D eigenvalue weighted by atomic mass is 10.2. The van der Waals surface area contributed by atoms with Gasteiger partial charge in [-0.15, -0.1) is 0 Å². The Hall–Kier alpha value is -2.25. The molecule has 3 aromatic rings. The van der Waals surface area contributed by atoms with E-state index in [9.17, 15) is 0 Å². The van der Waals surface area contributed by atoms with Crippen molar-refractivity contribution in [3.63, 3.8) is 0 Å². The predicted molar refractivity (Wildman–Crippen MR) is 86.6 cm³/mol. The molecule has 0 amide bonds. The first-order valence-electron chi connectivity index (χ1n) is 7.22. The van der Waals surface area contributed by atoms with Gasteiger partial charge in [-0.25, -0.2) is 0 Å². The summed E-state index contributed by atoms with van der Waals surface area (Å²) in [6.45, 7) is 0.760. The highest BCUT2D eigenvalue weighted by atomic mass is 32.1. The summed E-state index contributed by atoms with van der Waals surface area (Å²) in [7, 11) is 0. The molecular formula is C15H15N5OS. The van der Waals surface area contributed by atoms with Crippen LogP contribution in [0.3, 0.4) is 0 Å².